The summed E-state index contributed by atoms with van der Waals surface area (Å²) in [4.78, 5) is 4.16. The van der Waals surface area contributed by atoms with E-state index in [-0.39, 0.29) is 6.04 Å². The van der Waals surface area contributed by atoms with E-state index in [1.54, 1.807) is 6.20 Å². The standard InChI is InChI=1S/C9H17N3OS/c1-8(10)7-14(13)6-3-9-11-4-5-12(9)2/h4-5,8H,3,6-7,10H2,1-2H3. The lowest BCUT2D eigenvalue weighted by atomic mass is 10.4. The fourth-order valence-electron chi connectivity index (χ4n) is 1.22. The van der Waals surface area contributed by atoms with Crippen molar-refractivity contribution in [3.8, 4) is 0 Å². The average molecular weight is 215 g/mol. The van der Waals surface area contributed by atoms with Gasteiger partial charge >= 0.3 is 0 Å². The van der Waals surface area contributed by atoms with E-state index < -0.39 is 10.8 Å². The highest BCUT2D eigenvalue weighted by molar-refractivity contribution is 7.85. The molecule has 0 radical (unpaired) electrons. The molecule has 1 heterocycles. The molecule has 0 bridgehead atoms. The fraction of sp³-hybridized carbons (Fsp3) is 0.667. The van der Waals surface area contributed by atoms with Gasteiger partial charge in [-0.15, -0.1) is 0 Å². The Labute approximate surface area is 87.0 Å². The van der Waals surface area contributed by atoms with E-state index in [0.717, 1.165) is 12.2 Å². The quantitative estimate of drug-likeness (QED) is 0.755. The minimum atomic E-state index is -0.821. The lowest BCUT2D eigenvalue weighted by Gasteiger charge is -2.05. The van der Waals surface area contributed by atoms with Gasteiger partial charge in [-0.2, -0.15) is 0 Å². The monoisotopic (exact) mass is 215 g/mol. The molecule has 2 N–H and O–H groups in total. The number of rotatable bonds is 5. The van der Waals surface area contributed by atoms with Crippen LogP contribution in [0.3, 0.4) is 0 Å². The third kappa shape index (κ3) is 3.59. The van der Waals surface area contributed by atoms with Gasteiger partial charge in [0, 0.05) is 54.2 Å². The number of hydrogen-bond donors (Lipinski definition) is 1. The largest absolute Gasteiger partial charge is 0.338 e. The van der Waals surface area contributed by atoms with Gasteiger partial charge in [0.15, 0.2) is 0 Å². The smallest absolute Gasteiger partial charge is 0.109 e. The molecule has 0 aromatic carbocycles. The summed E-state index contributed by atoms with van der Waals surface area (Å²) in [6.07, 6.45) is 4.40. The molecule has 0 aliphatic carbocycles. The van der Waals surface area contributed by atoms with Crippen molar-refractivity contribution < 1.29 is 4.21 Å². The molecule has 0 aliphatic heterocycles. The Kier molecular flexibility index (Phi) is 4.28. The Morgan fingerprint density at radius 3 is 2.93 bits per heavy atom. The Bertz CT molecular complexity index is 309. The van der Waals surface area contributed by atoms with Crippen LogP contribution in [0.5, 0.6) is 0 Å². The van der Waals surface area contributed by atoms with Crippen LogP contribution in [-0.2, 0) is 24.3 Å². The zero-order chi connectivity index (χ0) is 10.6. The summed E-state index contributed by atoms with van der Waals surface area (Å²) < 4.78 is 13.4. The molecule has 2 atom stereocenters. The van der Waals surface area contributed by atoms with Crippen molar-refractivity contribution in [2.75, 3.05) is 11.5 Å². The molecule has 1 rings (SSSR count). The van der Waals surface area contributed by atoms with Crippen LogP contribution < -0.4 is 5.73 Å². The van der Waals surface area contributed by atoms with Gasteiger partial charge in [-0.1, -0.05) is 0 Å². The second kappa shape index (κ2) is 5.26. The molecule has 0 fully saturated rings. The molecular formula is C9H17N3OS. The number of nitrogens with two attached hydrogens (primary N) is 1. The minimum absolute atomic E-state index is 0.0113. The van der Waals surface area contributed by atoms with Crippen molar-refractivity contribution in [2.45, 2.75) is 19.4 Å². The van der Waals surface area contributed by atoms with Gasteiger partial charge in [0.25, 0.3) is 0 Å². The molecule has 4 nitrogen and oxygen atoms in total. The highest BCUT2D eigenvalue weighted by Crippen LogP contribution is 1.97. The van der Waals surface area contributed by atoms with Crippen LogP contribution in [0.4, 0.5) is 0 Å². The first kappa shape index (κ1) is 11.4. The van der Waals surface area contributed by atoms with Crippen LogP contribution in [0.1, 0.15) is 12.7 Å². The van der Waals surface area contributed by atoms with E-state index in [1.165, 1.54) is 0 Å². The van der Waals surface area contributed by atoms with Crippen molar-refractivity contribution in [2.24, 2.45) is 12.8 Å². The predicted octanol–water partition coefficient (Wildman–Crippen LogP) is 0.0585. The topological polar surface area (TPSA) is 60.9 Å². The van der Waals surface area contributed by atoms with Crippen molar-refractivity contribution in [1.82, 2.24) is 9.55 Å². The van der Waals surface area contributed by atoms with Crippen LogP contribution in [0.15, 0.2) is 12.4 Å². The molecule has 14 heavy (non-hydrogen) atoms. The summed E-state index contributed by atoms with van der Waals surface area (Å²) in [5.74, 6) is 2.19. The molecule has 0 aliphatic rings. The highest BCUT2D eigenvalue weighted by Gasteiger charge is 2.05. The summed E-state index contributed by atoms with van der Waals surface area (Å²) in [5, 5.41) is 0. The average Bonchev–Trinajstić information content (AvgIpc) is 2.46. The van der Waals surface area contributed by atoms with Gasteiger partial charge in [0.2, 0.25) is 0 Å². The van der Waals surface area contributed by atoms with Crippen LogP contribution in [0.2, 0.25) is 0 Å². The number of aryl methyl sites for hydroxylation is 2. The van der Waals surface area contributed by atoms with Crippen molar-refractivity contribution in [3.63, 3.8) is 0 Å². The molecule has 5 heteroatoms. The first-order valence-electron chi connectivity index (χ1n) is 4.66. The molecule has 1 aromatic heterocycles. The maximum Gasteiger partial charge on any atom is 0.109 e. The Morgan fingerprint density at radius 1 is 1.71 bits per heavy atom. The van der Waals surface area contributed by atoms with Crippen molar-refractivity contribution in [3.05, 3.63) is 18.2 Å². The molecule has 0 spiro atoms. The van der Waals surface area contributed by atoms with Crippen molar-refractivity contribution >= 4 is 10.8 Å². The third-order valence-corrected chi connectivity index (χ3v) is 3.48. The van der Waals surface area contributed by atoms with E-state index in [1.807, 2.05) is 24.7 Å². The molecule has 80 valence electrons. The number of aromatic nitrogens is 2. The van der Waals surface area contributed by atoms with Crippen LogP contribution >= 0.6 is 0 Å². The SMILES string of the molecule is CC(N)CS(=O)CCc1nccn1C. The summed E-state index contributed by atoms with van der Waals surface area (Å²) in [5.41, 5.74) is 5.56. The number of nitrogens with zero attached hydrogens (tertiary/aromatic N) is 2. The number of imidazole rings is 1. The zero-order valence-electron chi connectivity index (χ0n) is 8.64. The van der Waals surface area contributed by atoms with E-state index in [2.05, 4.69) is 4.98 Å². The zero-order valence-corrected chi connectivity index (χ0v) is 9.46. The van der Waals surface area contributed by atoms with E-state index in [0.29, 0.717) is 11.5 Å². The fourth-order valence-corrected chi connectivity index (χ4v) is 2.38. The lowest BCUT2D eigenvalue weighted by molar-refractivity contribution is 0.674. The molecular weight excluding hydrogens is 198 g/mol. The summed E-state index contributed by atoms with van der Waals surface area (Å²) in [6, 6.07) is 0.0113. The van der Waals surface area contributed by atoms with Crippen LogP contribution in [-0.4, -0.2) is 31.3 Å². The van der Waals surface area contributed by atoms with Gasteiger partial charge in [0.1, 0.15) is 5.82 Å². The molecule has 2 unspecified atom stereocenters. The van der Waals surface area contributed by atoms with Crippen LogP contribution in [0, 0.1) is 0 Å². The Morgan fingerprint density at radius 2 is 2.43 bits per heavy atom. The predicted molar refractivity (Wildman–Crippen MR) is 58.4 cm³/mol. The second-order valence-corrected chi connectivity index (χ2v) is 5.11. The van der Waals surface area contributed by atoms with E-state index in [4.69, 9.17) is 5.73 Å². The Hall–Kier alpha value is -0.680. The molecule has 0 saturated heterocycles. The second-order valence-electron chi connectivity index (χ2n) is 3.49. The lowest BCUT2D eigenvalue weighted by Crippen LogP contribution is -2.24. The van der Waals surface area contributed by atoms with Crippen molar-refractivity contribution in [1.29, 1.82) is 0 Å². The normalized spacial score (nSPS) is 15.4. The first-order valence-corrected chi connectivity index (χ1v) is 6.15. The Balaban J connectivity index is 2.34. The van der Waals surface area contributed by atoms with Gasteiger partial charge in [-0.3, -0.25) is 4.21 Å². The molecule has 1 aromatic rings. The maximum absolute atomic E-state index is 11.5. The summed E-state index contributed by atoms with van der Waals surface area (Å²) in [6.45, 7) is 1.87. The number of hydrogen-bond acceptors (Lipinski definition) is 3. The van der Waals surface area contributed by atoms with Gasteiger partial charge < -0.3 is 10.3 Å². The van der Waals surface area contributed by atoms with Crippen LogP contribution in [0.25, 0.3) is 0 Å². The van der Waals surface area contributed by atoms with Gasteiger partial charge in [-0.25, -0.2) is 4.98 Å². The maximum atomic E-state index is 11.5. The summed E-state index contributed by atoms with van der Waals surface area (Å²) in [7, 11) is 1.12. The van der Waals surface area contributed by atoms with Gasteiger partial charge in [0.05, 0.1) is 0 Å². The highest BCUT2D eigenvalue weighted by atomic mass is 32.2. The third-order valence-electron chi connectivity index (χ3n) is 1.92. The van der Waals surface area contributed by atoms with E-state index in [9.17, 15) is 4.21 Å². The van der Waals surface area contributed by atoms with E-state index >= 15 is 0 Å². The van der Waals surface area contributed by atoms with Gasteiger partial charge in [-0.05, 0) is 6.92 Å². The first-order chi connectivity index (χ1) is 6.59. The summed E-state index contributed by atoms with van der Waals surface area (Å²) >= 11 is 0. The molecule has 0 saturated carbocycles. The molecule has 0 amide bonds. The minimum Gasteiger partial charge on any atom is -0.338 e.